The Labute approximate surface area is 125 Å². The van der Waals surface area contributed by atoms with Crippen LogP contribution in [0.25, 0.3) is 0 Å². The number of amides is 1. The molecule has 0 unspecified atom stereocenters. The fraction of sp³-hybridized carbons (Fsp3) is 0.786. The third kappa shape index (κ3) is 6.22. The van der Waals surface area contributed by atoms with Crippen LogP contribution in [0.4, 0.5) is 0 Å². The van der Waals surface area contributed by atoms with Crippen molar-refractivity contribution in [3.63, 3.8) is 0 Å². The zero-order chi connectivity index (χ0) is 15.9. The maximum atomic E-state index is 10.5. The van der Waals surface area contributed by atoms with E-state index < -0.39 is 0 Å². The molecule has 0 aromatic carbocycles. The van der Waals surface area contributed by atoms with E-state index in [4.69, 9.17) is 14.3 Å². The Hall–Kier alpha value is -1.47. The average Bonchev–Trinajstić information content (AvgIpc) is 2.96. The molecule has 21 heavy (non-hydrogen) atoms. The van der Waals surface area contributed by atoms with Gasteiger partial charge >= 0.3 is 0 Å². The molecule has 1 aromatic rings. The lowest BCUT2D eigenvalue weighted by Crippen LogP contribution is -2.31. The van der Waals surface area contributed by atoms with Gasteiger partial charge in [-0.1, -0.05) is 0 Å². The molecule has 0 radical (unpaired) electrons. The topological polar surface area (TPSA) is 88.7 Å². The van der Waals surface area contributed by atoms with Crippen LogP contribution in [-0.4, -0.2) is 52.4 Å². The lowest BCUT2D eigenvalue weighted by molar-refractivity contribution is -0.119. The number of hydrogen-bond donors (Lipinski definition) is 1. The quantitative estimate of drug-likeness (QED) is 0.847. The Morgan fingerprint density at radius 2 is 1.95 bits per heavy atom. The van der Waals surface area contributed by atoms with E-state index in [1.165, 1.54) is 0 Å². The molecule has 1 aromatic heterocycles. The van der Waals surface area contributed by atoms with Gasteiger partial charge in [-0.2, -0.15) is 0 Å². The van der Waals surface area contributed by atoms with Crippen molar-refractivity contribution in [1.29, 1.82) is 0 Å². The molecule has 120 valence electrons. The van der Waals surface area contributed by atoms with Crippen LogP contribution in [0.15, 0.2) is 4.42 Å². The molecule has 2 rings (SSSR count). The van der Waals surface area contributed by atoms with E-state index in [0.29, 0.717) is 5.89 Å². The summed E-state index contributed by atoms with van der Waals surface area (Å²) in [5.41, 5.74) is 0.0417. The number of hydrogen-bond acceptors (Lipinski definition) is 6. The number of carbonyl (C=O) groups is 1. The molecule has 7 nitrogen and oxygen atoms in total. The first-order valence-electron chi connectivity index (χ1n) is 7.07. The van der Waals surface area contributed by atoms with Gasteiger partial charge in [0.05, 0.1) is 5.60 Å². The van der Waals surface area contributed by atoms with Crippen LogP contribution in [0, 0.1) is 0 Å². The second-order valence-electron chi connectivity index (χ2n) is 5.92. The summed E-state index contributed by atoms with van der Waals surface area (Å²) in [6.45, 7) is 7.29. The van der Waals surface area contributed by atoms with Crippen molar-refractivity contribution in [3.05, 3.63) is 11.8 Å². The molecule has 0 bridgehead atoms. The van der Waals surface area contributed by atoms with E-state index in [1.54, 1.807) is 12.0 Å². The zero-order valence-corrected chi connectivity index (χ0v) is 13.2. The molecule has 0 atom stereocenters. The number of nitrogens with zero attached hydrogens (tertiary/aromatic N) is 3. The largest absolute Gasteiger partial charge is 0.422 e. The molecule has 0 saturated carbocycles. The monoisotopic (exact) mass is 299 g/mol. The molecular weight excluding hydrogens is 274 g/mol. The second-order valence-corrected chi connectivity index (χ2v) is 5.92. The van der Waals surface area contributed by atoms with Crippen molar-refractivity contribution in [2.45, 2.75) is 51.7 Å². The third-order valence-corrected chi connectivity index (χ3v) is 3.26. The van der Waals surface area contributed by atoms with Crippen LogP contribution in [-0.2, 0) is 16.1 Å². The van der Waals surface area contributed by atoms with Gasteiger partial charge in [-0.3, -0.25) is 4.79 Å². The van der Waals surface area contributed by atoms with Gasteiger partial charge in [-0.05, 0) is 33.6 Å². The van der Waals surface area contributed by atoms with Crippen LogP contribution in [0.2, 0.25) is 0 Å². The minimum Gasteiger partial charge on any atom is -0.422 e. The number of ether oxygens (including phenoxy) is 1. The Kier molecular flexibility index (Phi) is 6.77. The van der Waals surface area contributed by atoms with Crippen LogP contribution in [0.1, 0.15) is 51.3 Å². The third-order valence-electron chi connectivity index (χ3n) is 3.26. The number of rotatable bonds is 3. The van der Waals surface area contributed by atoms with Crippen molar-refractivity contribution < 1.29 is 19.1 Å². The Balaban J connectivity index is 0.000000315. The minimum absolute atomic E-state index is 0.0417. The number of carbonyl (C=O) groups excluding carboxylic acids is 1. The zero-order valence-electron chi connectivity index (χ0n) is 13.2. The van der Waals surface area contributed by atoms with Gasteiger partial charge in [0.1, 0.15) is 6.61 Å². The first-order chi connectivity index (χ1) is 9.89. The molecule has 1 N–H and O–H groups in total. The van der Waals surface area contributed by atoms with Crippen molar-refractivity contribution >= 4 is 6.41 Å². The predicted octanol–water partition coefficient (Wildman–Crippen LogP) is 1.33. The number of methoxy groups -OCH3 is 1. The van der Waals surface area contributed by atoms with Gasteiger partial charge in [0.2, 0.25) is 18.2 Å². The molecular formula is C14H25N3O4. The van der Waals surface area contributed by atoms with E-state index in [1.807, 2.05) is 20.8 Å². The van der Waals surface area contributed by atoms with Crippen molar-refractivity contribution in [1.82, 2.24) is 15.1 Å². The summed E-state index contributed by atoms with van der Waals surface area (Å²) in [5.74, 6) is 1.04. The molecule has 1 fully saturated rings. The number of likely N-dealkylation sites (tertiary alicyclic amines) is 1. The standard InChI is InChI=1S/C9H13N3O3.C5H12O/c13-5-8-10-11-9(15-8)7-1-3-12(6-14)4-2-7;1-5(2,3)6-4/h6-7,13H,1-5H2;1-4H3. The highest BCUT2D eigenvalue weighted by Gasteiger charge is 2.24. The number of piperidine rings is 1. The summed E-state index contributed by atoms with van der Waals surface area (Å²) in [5, 5.41) is 16.4. The van der Waals surface area contributed by atoms with E-state index >= 15 is 0 Å². The normalized spacial score (nSPS) is 16.3. The van der Waals surface area contributed by atoms with Crippen LogP contribution < -0.4 is 0 Å². The predicted molar refractivity (Wildman–Crippen MR) is 76.6 cm³/mol. The van der Waals surface area contributed by atoms with E-state index in [-0.39, 0.29) is 24.0 Å². The lowest BCUT2D eigenvalue weighted by Gasteiger charge is -2.26. The summed E-state index contributed by atoms with van der Waals surface area (Å²) >= 11 is 0. The fourth-order valence-electron chi connectivity index (χ4n) is 1.75. The summed E-state index contributed by atoms with van der Waals surface area (Å²) in [4.78, 5) is 12.2. The smallest absolute Gasteiger partial charge is 0.241 e. The lowest BCUT2D eigenvalue weighted by atomic mass is 9.97. The maximum Gasteiger partial charge on any atom is 0.241 e. The SMILES string of the molecule is COC(C)(C)C.O=CN1CCC(c2nnc(CO)o2)CC1. The van der Waals surface area contributed by atoms with Crippen LogP contribution in [0.5, 0.6) is 0 Å². The number of aliphatic hydroxyl groups excluding tert-OH is 1. The van der Waals surface area contributed by atoms with Gasteiger partial charge < -0.3 is 19.2 Å². The van der Waals surface area contributed by atoms with Gasteiger partial charge in [0.25, 0.3) is 0 Å². The molecule has 1 amide bonds. The first-order valence-corrected chi connectivity index (χ1v) is 7.07. The molecule has 2 heterocycles. The highest BCUT2D eigenvalue weighted by atomic mass is 16.5. The van der Waals surface area contributed by atoms with Crippen LogP contribution in [0.3, 0.4) is 0 Å². The number of aliphatic hydroxyl groups is 1. The number of aromatic nitrogens is 2. The highest BCUT2D eigenvalue weighted by Crippen LogP contribution is 2.26. The molecule has 1 aliphatic heterocycles. The Bertz CT molecular complexity index is 420. The highest BCUT2D eigenvalue weighted by molar-refractivity contribution is 5.47. The second kappa shape index (κ2) is 8.09. The maximum absolute atomic E-state index is 10.5. The van der Waals surface area contributed by atoms with Gasteiger partial charge in [0, 0.05) is 26.1 Å². The summed E-state index contributed by atoms with van der Waals surface area (Å²) in [6, 6.07) is 0. The first kappa shape index (κ1) is 17.6. The van der Waals surface area contributed by atoms with Gasteiger partial charge in [0.15, 0.2) is 0 Å². The molecule has 1 saturated heterocycles. The van der Waals surface area contributed by atoms with Crippen LogP contribution >= 0.6 is 0 Å². The van der Waals surface area contributed by atoms with E-state index in [0.717, 1.165) is 32.3 Å². The van der Waals surface area contributed by atoms with E-state index in [2.05, 4.69) is 10.2 Å². The van der Waals surface area contributed by atoms with Gasteiger partial charge in [-0.15, -0.1) is 10.2 Å². The molecule has 0 spiro atoms. The van der Waals surface area contributed by atoms with E-state index in [9.17, 15) is 4.79 Å². The molecule has 7 heteroatoms. The Morgan fingerprint density at radius 1 is 1.38 bits per heavy atom. The summed E-state index contributed by atoms with van der Waals surface area (Å²) < 4.78 is 10.2. The van der Waals surface area contributed by atoms with Crippen molar-refractivity contribution in [2.24, 2.45) is 0 Å². The minimum atomic E-state index is -0.222. The van der Waals surface area contributed by atoms with Crippen molar-refractivity contribution in [3.8, 4) is 0 Å². The molecule has 0 aliphatic carbocycles. The summed E-state index contributed by atoms with van der Waals surface area (Å²) in [7, 11) is 1.71. The fourth-order valence-corrected chi connectivity index (χ4v) is 1.75. The molecule has 1 aliphatic rings. The Morgan fingerprint density at radius 3 is 2.33 bits per heavy atom. The summed E-state index contributed by atoms with van der Waals surface area (Å²) in [6.07, 6.45) is 2.54. The van der Waals surface area contributed by atoms with Crippen molar-refractivity contribution in [2.75, 3.05) is 20.2 Å². The average molecular weight is 299 g/mol. The van der Waals surface area contributed by atoms with Gasteiger partial charge in [-0.25, -0.2) is 0 Å².